The van der Waals surface area contributed by atoms with Crippen LogP contribution in [0, 0.1) is 17.2 Å². The Morgan fingerprint density at radius 1 is 1.09 bits per heavy atom. The molecule has 0 unspecified atom stereocenters. The van der Waals surface area contributed by atoms with Crippen molar-refractivity contribution in [1.82, 2.24) is 0 Å². The summed E-state index contributed by atoms with van der Waals surface area (Å²) >= 11 is 6.28. The van der Waals surface area contributed by atoms with E-state index in [9.17, 15) is 5.26 Å². The molecule has 0 saturated heterocycles. The van der Waals surface area contributed by atoms with Crippen molar-refractivity contribution in [2.45, 2.75) is 62.4 Å². The molecule has 4 aliphatic rings. The Kier molecular flexibility index (Phi) is 5.01. The molecule has 4 atom stereocenters. The maximum Gasteiger partial charge on any atom is 0.283 e. The molecule has 1 spiro atoms. The Balaban J connectivity index is 1.41. The number of benzene rings is 2. The topological polar surface area (TPSA) is 89.9 Å². The zero-order valence-electron chi connectivity index (χ0n) is 18.3. The lowest BCUT2D eigenvalue weighted by atomic mass is 9.67. The summed E-state index contributed by atoms with van der Waals surface area (Å²) < 4.78 is 18.7. The number of aliphatic imine (C=N–C) groups is 1. The average molecular weight is 464 g/mol. The van der Waals surface area contributed by atoms with Gasteiger partial charge in [-0.1, -0.05) is 17.7 Å². The first-order valence-electron chi connectivity index (χ1n) is 11.7. The van der Waals surface area contributed by atoms with Gasteiger partial charge >= 0.3 is 0 Å². The summed E-state index contributed by atoms with van der Waals surface area (Å²) in [5.41, 5.74) is 8.81. The SMILES string of the molecule is N#Cc1cc(Cl)cc(-c2ccc3c(c2)[C@]2(COC(N)=N2)[C@H]2C[C@@H](OC4CCC4)CC[C@@H]2O3)c1. The number of hydrogen-bond donors (Lipinski definition) is 1. The second-order valence-electron chi connectivity index (χ2n) is 9.60. The van der Waals surface area contributed by atoms with Crippen molar-refractivity contribution in [3.63, 3.8) is 0 Å². The van der Waals surface area contributed by atoms with Gasteiger partial charge < -0.3 is 19.9 Å². The van der Waals surface area contributed by atoms with E-state index in [0.29, 0.717) is 23.3 Å². The van der Waals surface area contributed by atoms with Gasteiger partial charge in [0.2, 0.25) is 0 Å². The largest absolute Gasteiger partial charge is 0.490 e. The zero-order chi connectivity index (χ0) is 22.6. The van der Waals surface area contributed by atoms with Crippen LogP contribution in [0.3, 0.4) is 0 Å². The fourth-order valence-electron chi connectivity index (χ4n) is 5.76. The Labute approximate surface area is 198 Å². The molecule has 0 aromatic heterocycles. The fraction of sp³-hybridized carbons (Fsp3) is 0.462. The van der Waals surface area contributed by atoms with Gasteiger partial charge in [0.15, 0.2) is 0 Å². The van der Waals surface area contributed by atoms with Crippen LogP contribution in [0.5, 0.6) is 5.75 Å². The number of nitrogens with two attached hydrogens (primary N) is 1. The maximum atomic E-state index is 9.37. The van der Waals surface area contributed by atoms with E-state index in [2.05, 4.69) is 12.1 Å². The Morgan fingerprint density at radius 2 is 1.97 bits per heavy atom. The molecule has 2 saturated carbocycles. The van der Waals surface area contributed by atoms with Crippen LogP contribution in [-0.2, 0) is 15.0 Å². The van der Waals surface area contributed by atoms with Crippen LogP contribution in [0.15, 0.2) is 41.4 Å². The number of fused-ring (bicyclic) bond motifs is 4. The van der Waals surface area contributed by atoms with Crippen LogP contribution in [-0.4, -0.2) is 30.9 Å². The second kappa shape index (κ2) is 7.93. The number of nitrogens with zero attached hydrogens (tertiary/aromatic N) is 2. The second-order valence-corrected chi connectivity index (χ2v) is 10.0. The van der Waals surface area contributed by atoms with Crippen LogP contribution in [0.1, 0.15) is 49.7 Å². The molecular formula is C26H26ClN3O3. The van der Waals surface area contributed by atoms with Crippen molar-refractivity contribution in [3.05, 3.63) is 52.5 Å². The van der Waals surface area contributed by atoms with E-state index in [-0.39, 0.29) is 24.1 Å². The Morgan fingerprint density at radius 3 is 2.70 bits per heavy atom. The Bertz CT molecular complexity index is 1170. The van der Waals surface area contributed by atoms with Gasteiger partial charge in [0.05, 0.1) is 23.8 Å². The lowest BCUT2D eigenvalue weighted by molar-refractivity contribution is -0.106. The summed E-state index contributed by atoms with van der Waals surface area (Å²) in [7, 11) is 0. The smallest absolute Gasteiger partial charge is 0.283 e. The van der Waals surface area contributed by atoms with Crippen LogP contribution in [0.2, 0.25) is 5.02 Å². The molecule has 0 bridgehead atoms. The number of hydrogen-bond acceptors (Lipinski definition) is 6. The van der Waals surface area contributed by atoms with Crippen molar-refractivity contribution >= 4 is 17.6 Å². The quantitative estimate of drug-likeness (QED) is 0.697. The summed E-state index contributed by atoms with van der Waals surface area (Å²) in [6, 6.07) is 13.9. The minimum Gasteiger partial charge on any atom is -0.490 e. The van der Waals surface area contributed by atoms with Gasteiger partial charge in [0.25, 0.3) is 6.02 Å². The van der Waals surface area contributed by atoms with Gasteiger partial charge in [-0.2, -0.15) is 5.26 Å². The van der Waals surface area contributed by atoms with E-state index < -0.39 is 5.54 Å². The molecule has 7 heteroatoms. The first kappa shape index (κ1) is 20.8. The molecule has 2 fully saturated rings. The van der Waals surface area contributed by atoms with Crippen LogP contribution in [0.4, 0.5) is 0 Å². The molecule has 2 heterocycles. The van der Waals surface area contributed by atoms with Gasteiger partial charge in [0, 0.05) is 16.5 Å². The summed E-state index contributed by atoms with van der Waals surface area (Å²) in [4.78, 5) is 4.90. The average Bonchev–Trinajstić information content (AvgIpc) is 3.18. The summed E-state index contributed by atoms with van der Waals surface area (Å²) in [5, 5.41) is 9.90. The first-order chi connectivity index (χ1) is 16.0. The van der Waals surface area contributed by atoms with Crippen molar-refractivity contribution in [3.8, 4) is 22.9 Å². The molecule has 2 aromatic carbocycles. The molecule has 6 nitrogen and oxygen atoms in total. The van der Waals surface area contributed by atoms with Gasteiger partial charge in [-0.3, -0.25) is 0 Å². The molecule has 170 valence electrons. The minimum absolute atomic E-state index is 0.0548. The third-order valence-electron chi connectivity index (χ3n) is 7.62. The molecule has 0 amide bonds. The van der Waals surface area contributed by atoms with E-state index in [1.807, 2.05) is 24.3 Å². The zero-order valence-corrected chi connectivity index (χ0v) is 19.1. The normalized spacial score (nSPS) is 30.3. The van der Waals surface area contributed by atoms with E-state index in [4.69, 9.17) is 36.5 Å². The predicted molar refractivity (Wildman–Crippen MR) is 125 cm³/mol. The highest BCUT2D eigenvalue weighted by atomic mass is 35.5. The third kappa shape index (κ3) is 3.55. The molecule has 2 N–H and O–H groups in total. The number of nitriles is 1. The number of rotatable bonds is 3. The van der Waals surface area contributed by atoms with E-state index in [1.165, 1.54) is 6.42 Å². The van der Waals surface area contributed by atoms with Crippen molar-refractivity contribution in [2.75, 3.05) is 6.61 Å². The van der Waals surface area contributed by atoms with Gasteiger partial charge in [-0.05, 0) is 80.0 Å². The van der Waals surface area contributed by atoms with Crippen molar-refractivity contribution in [1.29, 1.82) is 5.26 Å². The number of amidine groups is 1. The van der Waals surface area contributed by atoms with E-state index >= 15 is 0 Å². The molecular weight excluding hydrogens is 438 g/mol. The highest BCUT2D eigenvalue weighted by Gasteiger charge is 2.56. The van der Waals surface area contributed by atoms with Crippen molar-refractivity contribution in [2.24, 2.45) is 16.6 Å². The fourth-order valence-corrected chi connectivity index (χ4v) is 5.99. The molecule has 0 radical (unpaired) electrons. The van der Waals surface area contributed by atoms with Crippen LogP contribution < -0.4 is 10.5 Å². The van der Waals surface area contributed by atoms with Crippen LogP contribution >= 0.6 is 11.6 Å². The summed E-state index contributed by atoms with van der Waals surface area (Å²) in [5.74, 6) is 0.942. The molecule has 2 aliphatic heterocycles. The molecule has 2 aliphatic carbocycles. The molecule has 6 rings (SSSR count). The highest BCUT2D eigenvalue weighted by Crippen LogP contribution is 2.53. The van der Waals surface area contributed by atoms with Gasteiger partial charge in [-0.15, -0.1) is 0 Å². The van der Waals surface area contributed by atoms with Crippen LogP contribution in [0.25, 0.3) is 11.1 Å². The Hall–Kier alpha value is -2.75. The standard InChI is InChI=1S/C26H26ClN3O3/c27-18-9-15(13-28)8-17(10-18)16-4-6-23-21(11-16)26(14-31-25(29)30-26)22-12-20(5-7-24(22)33-23)32-19-2-1-3-19/h4,6,8-11,19-20,22,24H,1-3,5,7,12,14H2,(H2,29,30)/t20-,22-,24-,26+/m0/s1. The van der Waals surface area contributed by atoms with E-state index in [1.54, 1.807) is 6.07 Å². The van der Waals surface area contributed by atoms with E-state index in [0.717, 1.165) is 54.5 Å². The van der Waals surface area contributed by atoms with Gasteiger partial charge in [0.1, 0.15) is 24.0 Å². The lowest BCUT2D eigenvalue weighted by Gasteiger charge is -2.48. The summed E-state index contributed by atoms with van der Waals surface area (Å²) in [6.45, 7) is 0.398. The highest BCUT2D eigenvalue weighted by molar-refractivity contribution is 6.31. The van der Waals surface area contributed by atoms with Gasteiger partial charge in [-0.25, -0.2) is 4.99 Å². The monoisotopic (exact) mass is 463 g/mol. The molecule has 33 heavy (non-hydrogen) atoms. The number of halogens is 1. The maximum absolute atomic E-state index is 9.37. The van der Waals surface area contributed by atoms with Crippen molar-refractivity contribution < 1.29 is 14.2 Å². The lowest BCUT2D eigenvalue weighted by Crippen LogP contribution is -2.52. The number of ether oxygens (including phenoxy) is 3. The third-order valence-corrected chi connectivity index (χ3v) is 7.84. The predicted octanol–water partition coefficient (Wildman–Crippen LogP) is 4.92. The molecule has 2 aromatic rings. The summed E-state index contributed by atoms with van der Waals surface area (Å²) in [6.07, 6.45) is 7.06. The minimum atomic E-state index is -0.601. The first-order valence-corrected chi connectivity index (χ1v) is 12.1.